The Morgan fingerprint density at radius 2 is 2.12 bits per heavy atom. The molecule has 2 aliphatic rings. The van der Waals surface area contributed by atoms with Crippen LogP contribution in [0.15, 0.2) is 21.3 Å². The van der Waals surface area contributed by atoms with Crippen molar-refractivity contribution in [2.75, 3.05) is 6.54 Å². The highest BCUT2D eigenvalue weighted by Gasteiger charge is 2.53. The normalized spacial score (nSPS) is 23.6. The van der Waals surface area contributed by atoms with Crippen LogP contribution in [0.1, 0.15) is 58.7 Å². The number of nitrogens with one attached hydrogen (secondary N) is 1. The van der Waals surface area contributed by atoms with E-state index in [0.717, 1.165) is 29.7 Å². The molecule has 0 bridgehead atoms. The Morgan fingerprint density at radius 3 is 2.78 bits per heavy atom. The van der Waals surface area contributed by atoms with Crippen LogP contribution in [0.5, 0.6) is 0 Å². The minimum absolute atomic E-state index is 0.199. The van der Waals surface area contributed by atoms with Gasteiger partial charge in [0.25, 0.3) is 11.8 Å². The van der Waals surface area contributed by atoms with Crippen molar-refractivity contribution >= 4 is 29.2 Å². The SMILES string of the molecule is CCC(C)(C)C1CCC2(CC1)NC(=O)N(CC(=O)OCc1noc(-c3ccsc3)n1)C2=O. The first-order chi connectivity index (χ1) is 15.2. The summed E-state index contributed by atoms with van der Waals surface area (Å²) in [6, 6.07) is 1.30. The molecule has 1 aliphatic heterocycles. The summed E-state index contributed by atoms with van der Waals surface area (Å²) >= 11 is 1.50. The Kier molecular flexibility index (Phi) is 6.07. The molecule has 1 N–H and O–H groups in total. The molecule has 1 saturated carbocycles. The molecule has 3 heterocycles. The minimum atomic E-state index is -0.902. The van der Waals surface area contributed by atoms with E-state index in [-0.39, 0.29) is 23.8 Å². The number of hydrogen-bond donors (Lipinski definition) is 1. The second-order valence-corrected chi connectivity index (χ2v) is 9.99. The first-order valence-corrected chi connectivity index (χ1v) is 11.8. The Bertz CT molecular complexity index is 992. The number of carbonyl (C=O) groups excluding carboxylic acids is 3. The number of hydrogen-bond acceptors (Lipinski definition) is 8. The maximum absolute atomic E-state index is 13.1. The maximum atomic E-state index is 13.1. The van der Waals surface area contributed by atoms with E-state index in [0.29, 0.717) is 24.7 Å². The summed E-state index contributed by atoms with van der Waals surface area (Å²) in [5, 5.41) is 10.4. The van der Waals surface area contributed by atoms with E-state index in [1.807, 2.05) is 16.8 Å². The predicted molar refractivity (Wildman–Crippen MR) is 116 cm³/mol. The summed E-state index contributed by atoms with van der Waals surface area (Å²) in [6.45, 7) is 6.04. The van der Waals surface area contributed by atoms with Crippen molar-refractivity contribution < 1.29 is 23.6 Å². The molecule has 10 heteroatoms. The van der Waals surface area contributed by atoms with Crippen LogP contribution in [-0.4, -0.2) is 45.0 Å². The standard InChI is InChI=1S/C22H28N4O5S/c1-4-21(2,3)15-5-8-22(9-6-15)19(28)26(20(29)24-22)11-17(27)30-12-16-23-18(31-25-16)14-7-10-32-13-14/h7,10,13,15H,4-6,8-9,11-12H2,1-3H3,(H,24,29). The summed E-state index contributed by atoms with van der Waals surface area (Å²) in [6.07, 6.45) is 3.99. The molecule has 1 aliphatic carbocycles. The number of imide groups is 1. The fourth-order valence-corrected chi connectivity index (χ4v) is 5.10. The number of thiophene rings is 1. The zero-order valence-electron chi connectivity index (χ0n) is 18.6. The zero-order chi connectivity index (χ0) is 22.9. The van der Waals surface area contributed by atoms with Gasteiger partial charge in [-0.3, -0.25) is 14.5 Å². The second-order valence-electron chi connectivity index (χ2n) is 9.21. The van der Waals surface area contributed by atoms with Gasteiger partial charge in [-0.15, -0.1) is 0 Å². The minimum Gasteiger partial charge on any atom is -0.456 e. The lowest BCUT2D eigenvalue weighted by Crippen LogP contribution is -2.51. The molecule has 2 aromatic rings. The highest BCUT2D eigenvalue weighted by molar-refractivity contribution is 7.08. The number of rotatable bonds is 7. The largest absolute Gasteiger partial charge is 0.456 e. The highest BCUT2D eigenvalue weighted by Crippen LogP contribution is 2.45. The number of amides is 3. The van der Waals surface area contributed by atoms with E-state index < -0.39 is 24.1 Å². The van der Waals surface area contributed by atoms with Gasteiger partial charge in [0.2, 0.25) is 5.82 Å². The average Bonchev–Trinajstić information content (AvgIpc) is 3.51. The third kappa shape index (κ3) is 4.28. The predicted octanol–water partition coefficient (Wildman–Crippen LogP) is 3.76. The molecule has 172 valence electrons. The number of ether oxygens (including phenoxy) is 1. The van der Waals surface area contributed by atoms with Crippen LogP contribution in [0, 0.1) is 11.3 Å². The molecule has 9 nitrogen and oxygen atoms in total. The fraction of sp³-hybridized carbons (Fsp3) is 0.591. The third-order valence-corrected chi connectivity index (χ3v) is 7.67. The van der Waals surface area contributed by atoms with Gasteiger partial charge in [-0.2, -0.15) is 16.3 Å². The van der Waals surface area contributed by atoms with E-state index in [1.54, 1.807) is 0 Å². The van der Waals surface area contributed by atoms with Gasteiger partial charge in [-0.1, -0.05) is 32.3 Å². The highest BCUT2D eigenvalue weighted by atomic mass is 32.1. The van der Waals surface area contributed by atoms with Gasteiger partial charge in [0.05, 0.1) is 5.56 Å². The van der Waals surface area contributed by atoms with Gasteiger partial charge in [-0.05, 0) is 48.5 Å². The summed E-state index contributed by atoms with van der Waals surface area (Å²) < 4.78 is 10.3. The third-order valence-electron chi connectivity index (χ3n) is 6.99. The summed E-state index contributed by atoms with van der Waals surface area (Å²) in [7, 11) is 0. The van der Waals surface area contributed by atoms with Crippen LogP contribution in [0.4, 0.5) is 4.79 Å². The lowest BCUT2D eigenvalue weighted by atomic mass is 9.65. The quantitative estimate of drug-likeness (QED) is 0.494. The Balaban J connectivity index is 1.31. The van der Waals surface area contributed by atoms with Crippen molar-refractivity contribution in [2.45, 2.75) is 65.0 Å². The number of esters is 1. The van der Waals surface area contributed by atoms with Gasteiger partial charge in [0, 0.05) is 5.38 Å². The van der Waals surface area contributed by atoms with Crippen molar-refractivity contribution in [3.8, 4) is 11.5 Å². The first-order valence-electron chi connectivity index (χ1n) is 10.9. The number of nitrogens with zero attached hydrogens (tertiary/aromatic N) is 3. The lowest BCUT2D eigenvalue weighted by Gasteiger charge is -2.42. The molecular formula is C22H28N4O5S. The molecule has 0 radical (unpaired) electrons. The number of urea groups is 1. The van der Waals surface area contributed by atoms with Crippen molar-refractivity contribution in [3.63, 3.8) is 0 Å². The van der Waals surface area contributed by atoms with E-state index in [2.05, 4.69) is 36.2 Å². The molecule has 0 aromatic carbocycles. The fourth-order valence-electron chi connectivity index (χ4n) is 4.48. The van der Waals surface area contributed by atoms with Crippen LogP contribution >= 0.6 is 11.3 Å². The summed E-state index contributed by atoms with van der Waals surface area (Å²) in [4.78, 5) is 43.0. The second kappa shape index (κ2) is 8.65. The van der Waals surface area contributed by atoms with Gasteiger partial charge in [0.1, 0.15) is 12.1 Å². The van der Waals surface area contributed by atoms with E-state index >= 15 is 0 Å². The van der Waals surface area contributed by atoms with Crippen molar-refractivity contribution in [2.24, 2.45) is 11.3 Å². The monoisotopic (exact) mass is 460 g/mol. The Labute approximate surface area is 190 Å². The van der Waals surface area contributed by atoms with Gasteiger partial charge < -0.3 is 14.6 Å². The Hall–Kier alpha value is -2.75. The molecule has 1 spiro atoms. The van der Waals surface area contributed by atoms with Crippen molar-refractivity contribution in [1.82, 2.24) is 20.4 Å². The van der Waals surface area contributed by atoms with Crippen LogP contribution in [0.3, 0.4) is 0 Å². The van der Waals surface area contributed by atoms with E-state index in [1.165, 1.54) is 11.3 Å². The average molecular weight is 461 g/mol. The van der Waals surface area contributed by atoms with Gasteiger partial charge in [-0.25, -0.2) is 4.79 Å². The van der Waals surface area contributed by atoms with Crippen LogP contribution < -0.4 is 5.32 Å². The zero-order valence-corrected chi connectivity index (χ0v) is 19.4. The molecule has 4 rings (SSSR count). The summed E-state index contributed by atoms with van der Waals surface area (Å²) in [5.74, 6) is 0.0239. The maximum Gasteiger partial charge on any atom is 0.326 e. The van der Waals surface area contributed by atoms with Crippen molar-refractivity contribution in [1.29, 1.82) is 0 Å². The molecule has 1 saturated heterocycles. The molecule has 0 atom stereocenters. The van der Waals surface area contributed by atoms with E-state index in [9.17, 15) is 14.4 Å². The molecule has 0 unspecified atom stereocenters. The molecule has 2 fully saturated rings. The van der Waals surface area contributed by atoms with E-state index in [4.69, 9.17) is 9.26 Å². The molecule has 2 aromatic heterocycles. The number of aromatic nitrogens is 2. The van der Waals surface area contributed by atoms with Crippen LogP contribution in [0.2, 0.25) is 0 Å². The summed E-state index contributed by atoms with van der Waals surface area (Å²) in [5.41, 5.74) is 0.0949. The Morgan fingerprint density at radius 1 is 1.38 bits per heavy atom. The van der Waals surface area contributed by atoms with Gasteiger partial charge >= 0.3 is 12.0 Å². The van der Waals surface area contributed by atoms with Crippen LogP contribution in [0.25, 0.3) is 11.5 Å². The van der Waals surface area contributed by atoms with Crippen LogP contribution in [-0.2, 0) is 20.9 Å². The first kappa shape index (κ1) is 22.4. The van der Waals surface area contributed by atoms with Crippen molar-refractivity contribution in [3.05, 3.63) is 22.7 Å². The molecule has 3 amide bonds. The number of carbonyl (C=O) groups is 3. The van der Waals surface area contributed by atoms with Gasteiger partial charge in [0.15, 0.2) is 6.61 Å². The molecular weight excluding hydrogens is 432 g/mol. The molecule has 32 heavy (non-hydrogen) atoms. The topological polar surface area (TPSA) is 115 Å². The smallest absolute Gasteiger partial charge is 0.326 e. The lowest BCUT2D eigenvalue weighted by molar-refractivity contribution is -0.149.